The second kappa shape index (κ2) is 6.35. The third-order valence-corrected chi connectivity index (χ3v) is 3.80. The summed E-state index contributed by atoms with van der Waals surface area (Å²) in [5.74, 6) is -6.52. The fourth-order valence-corrected chi connectivity index (χ4v) is 2.38. The number of hydrogen-bond donors (Lipinski definition) is 2. The van der Waals surface area contributed by atoms with Crippen LogP contribution < -0.4 is 10.6 Å². The van der Waals surface area contributed by atoms with Crippen LogP contribution in [0.3, 0.4) is 0 Å². The first kappa shape index (κ1) is 16.0. The number of hydrogen-bond acceptors (Lipinski definition) is 2. The second-order valence-electron chi connectivity index (χ2n) is 5.52. The Bertz CT molecular complexity index is 796. The molecule has 2 aromatic carbocycles. The van der Waals surface area contributed by atoms with Crippen molar-refractivity contribution in [1.82, 2.24) is 0 Å². The summed E-state index contributed by atoms with van der Waals surface area (Å²) in [5.41, 5.74) is 0.160. The number of carbonyl (C=O) groups is 2. The van der Waals surface area contributed by atoms with E-state index in [1.807, 2.05) is 0 Å². The van der Waals surface area contributed by atoms with E-state index in [1.54, 1.807) is 30.3 Å². The molecule has 1 saturated carbocycles. The summed E-state index contributed by atoms with van der Waals surface area (Å²) in [6.07, 6.45) is 0.315. The number of para-hydroxylation sites is 1. The molecule has 0 aliphatic heterocycles. The van der Waals surface area contributed by atoms with Gasteiger partial charge in [0.25, 0.3) is 0 Å². The molecule has 2 aromatic rings. The molecule has 24 heavy (non-hydrogen) atoms. The van der Waals surface area contributed by atoms with Crippen LogP contribution in [-0.2, 0) is 9.59 Å². The Balaban J connectivity index is 1.60. The maximum atomic E-state index is 13.5. The van der Waals surface area contributed by atoms with Crippen LogP contribution in [0.5, 0.6) is 0 Å². The molecule has 7 heteroatoms. The van der Waals surface area contributed by atoms with Crippen LogP contribution in [0, 0.1) is 29.3 Å². The van der Waals surface area contributed by atoms with Gasteiger partial charge in [0.15, 0.2) is 17.5 Å². The number of benzene rings is 2. The first-order valence-corrected chi connectivity index (χ1v) is 7.27. The standard InChI is InChI=1S/C17H13F3N2O2/c18-12-6-7-13(15(20)14(12)19)22-17(24)11-8-10(11)16(23)21-9-4-2-1-3-5-9/h1-7,10-11H,8H2,(H,21,23)(H,22,24). The third-order valence-electron chi connectivity index (χ3n) is 3.80. The van der Waals surface area contributed by atoms with Crippen molar-refractivity contribution < 1.29 is 22.8 Å². The molecule has 2 unspecified atom stereocenters. The van der Waals surface area contributed by atoms with Gasteiger partial charge in [-0.05, 0) is 30.7 Å². The molecular weight excluding hydrogens is 321 g/mol. The molecule has 1 aliphatic rings. The number of amides is 2. The van der Waals surface area contributed by atoms with Gasteiger partial charge >= 0.3 is 0 Å². The number of carbonyl (C=O) groups excluding carboxylic acids is 2. The SMILES string of the molecule is O=C(Nc1ccccc1)C1CC1C(=O)Nc1ccc(F)c(F)c1F. The summed E-state index contributed by atoms with van der Waals surface area (Å²) < 4.78 is 39.5. The molecule has 2 atom stereocenters. The highest BCUT2D eigenvalue weighted by molar-refractivity contribution is 6.03. The minimum Gasteiger partial charge on any atom is -0.326 e. The lowest BCUT2D eigenvalue weighted by molar-refractivity contribution is -0.122. The number of anilines is 2. The summed E-state index contributed by atoms with van der Waals surface area (Å²) in [6.45, 7) is 0. The smallest absolute Gasteiger partial charge is 0.228 e. The van der Waals surface area contributed by atoms with Crippen LogP contribution in [-0.4, -0.2) is 11.8 Å². The van der Waals surface area contributed by atoms with Gasteiger partial charge in [-0.15, -0.1) is 0 Å². The van der Waals surface area contributed by atoms with Gasteiger partial charge in [0, 0.05) is 5.69 Å². The zero-order chi connectivity index (χ0) is 17.3. The van der Waals surface area contributed by atoms with E-state index in [-0.39, 0.29) is 5.91 Å². The van der Waals surface area contributed by atoms with Gasteiger partial charge in [-0.3, -0.25) is 9.59 Å². The number of halogens is 3. The van der Waals surface area contributed by atoms with E-state index in [0.29, 0.717) is 12.1 Å². The zero-order valence-corrected chi connectivity index (χ0v) is 12.4. The predicted molar refractivity (Wildman–Crippen MR) is 81.6 cm³/mol. The Hall–Kier alpha value is -2.83. The third kappa shape index (κ3) is 3.24. The minimum absolute atomic E-state index is 0.313. The molecule has 0 heterocycles. The molecular formula is C17H13F3N2O2. The largest absolute Gasteiger partial charge is 0.326 e. The molecule has 0 aromatic heterocycles. The highest BCUT2D eigenvalue weighted by Gasteiger charge is 2.48. The van der Waals surface area contributed by atoms with Crippen LogP contribution in [0.2, 0.25) is 0 Å². The molecule has 0 radical (unpaired) electrons. The van der Waals surface area contributed by atoms with Crippen molar-refractivity contribution in [2.45, 2.75) is 6.42 Å². The van der Waals surface area contributed by atoms with E-state index in [1.165, 1.54) is 0 Å². The number of rotatable bonds is 4. The first-order valence-electron chi connectivity index (χ1n) is 7.27. The van der Waals surface area contributed by atoms with E-state index in [4.69, 9.17) is 0 Å². The highest BCUT2D eigenvalue weighted by atomic mass is 19.2. The van der Waals surface area contributed by atoms with Crippen molar-refractivity contribution in [1.29, 1.82) is 0 Å². The lowest BCUT2D eigenvalue weighted by atomic mass is 10.2. The molecule has 124 valence electrons. The summed E-state index contributed by atoms with van der Waals surface area (Å²) in [4.78, 5) is 24.0. The van der Waals surface area contributed by atoms with Crippen LogP contribution in [0.25, 0.3) is 0 Å². The minimum atomic E-state index is -1.65. The molecule has 2 N–H and O–H groups in total. The fraction of sp³-hybridized carbons (Fsp3) is 0.176. The maximum Gasteiger partial charge on any atom is 0.228 e. The lowest BCUT2D eigenvalue weighted by Gasteiger charge is -2.07. The Morgan fingerprint density at radius 1 is 0.833 bits per heavy atom. The molecule has 1 aliphatic carbocycles. The van der Waals surface area contributed by atoms with E-state index < -0.39 is 40.9 Å². The van der Waals surface area contributed by atoms with Crippen molar-refractivity contribution >= 4 is 23.2 Å². The Kier molecular flexibility index (Phi) is 4.24. The van der Waals surface area contributed by atoms with Crippen LogP contribution in [0.15, 0.2) is 42.5 Å². The molecule has 0 bridgehead atoms. The fourth-order valence-electron chi connectivity index (χ4n) is 2.38. The van der Waals surface area contributed by atoms with Gasteiger partial charge in [0.05, 0.1) is 17.5 Å². The molecule has 2 amide bonds. The average Bonchev–Trinajstić information content (AvgIpc) is 3.37. The van der Waals surface area contributed by atoms with Crippen molar-refractivity contribution in [3.8, 4) is 0 Å². The molecule has 1 fully saturated rings. The van der Waals surface area contributed by atoms with Gasteiger partial charge in [0.2, 0.25) is 11.8 Å². The second-order valence-corrected chi connectivity index (χ2v) is 5.52. The van der Waals surface area contributed by atoms with Crippen LogP contribution in [0.4, 0.5) is 24.5 Å². The van der Waals surface area contributed by atoms with Gasteiger partial charge in [-0.25, -0.2) is 13.2 Å². The van der Waals surface area contributed by atoms with Crippen molar-refractivity contribution in [2.75, 3.05) is 10.6 Å². The molecule has 4 nitrogen and oxygen atoms in total. The number of nitrogens with one attached hydrogen (secondary N) is 2. The van der Waals surface area contributed by atoms with E-state index in [0.717, 1.165) is 12.1 Å². The first-order chi connectivity index (χ1) is 11.5. The summed E-state index contributed by atoms with van der Waals surface area (Å²) in [6, 6.07) is 10.4. The van der Waals surface area contributed by atoms with Crippen LogP contribution >= 0.6 is 0 Å². The topological polar surface area (TPSA) is 58.2 Å². The molecule has 0 spiro atoms. The summed E-state index contributed by atoms with van der Waals surface area (Å²) in [7, 11) is 0. The monoisotopic (exact) mass is 334 g/mol. The van der Waals surface area contributed by atoms with Crippen molar-refractivity contribution in [2.24, 2.45) is 11.8 Å². The van der Waals surface area contributed by atoms with Crippen LogP contribution in [0.1, 0.15) is 6.42 Å². The Morgan fingerprint density at radius 3 is 2.12 bits per heavy atom. The highest BCUT2D eigenvalue weighted by Crippen LogP contribution is 2.40. The molecule has 3 rings (SSSR count). The van der Waals surface area contributed by atoms with Crippen molar-refractivity contribution in [3.05, 3.63) is 59.9 Å². The van der Waals surface area contributed by atoms with E-state index in [9.17, 15) is 22.8 Å². The molecule has 0 saturated heterocycles. The van der Waals surface area contributed by atoms with Gasteiger partial charge < -0.3 is 10.6 Å². The Labute approximate surface area is 135 Å². The van der Waals surface area contributed by atoms with Gasteiger partial charge in [-0.1, -0.05) is 18.2 Å². The summed E-state index contributed by atoms with van der Waals surface area (Å²) >= 11 is 0. The summed E-state index contributed by atoms with van der Waals surface area (Å²) in [5, 5.41) is 4.87. The lowest BCUT2D eigenvalue weighted by Crippen LogP contribution is -2.21. The van der Waals surface area contributed by atoms with E-state index >= 15 is 0 Å². The average molecular weight is 334 g/mol. The quantitative estimate of drug-likeness (QED) is 0.843. The normalized spacial score (nSPS) is 18.8. The van der Waals surface area contributed by atoms with Crippen molar-refractivity contribution in [3.63, 3.8) is 0 Å². The van der Waals surface area contributed by atoms with Gasteiger partial charge in [0.1, 0.15) is 0 Å². The maximum absolute atomic E-state index is 13.5. The Morgan fingerprint density at radius 2 is 1.46 bits per heavy atom. The zero-order valence-electron chi connectivity index (χ0n) is 12.4. The predicted octanol–water partition coefficient (Wildman–Crippen LogP) is 3.32. The van der Waals surface area contributed by atoms with Gasteiger partial charge in [-0.2, -0.15) is 0 Å². The van der Waals surface area contributed by atoms with E-state index in [2.05, 4.69) is 10.6 Å².